The molecule has 0 amide bonds. The average Bonchev–Trinajstić information content (AvgIpc) is 2.51. The molecule has 0 aliphatic carbocycles. The number of hydrogen-bond donors (Lipinski definition) is 1. The molecular weight excluding hydrogens is 236 g/mol. The third-order valence-electron chi connectivity index (χ3n) is 2.64. The van der Waals surface area contributed by atoms with Crippen LogP contribution in [0, 0.1) is 0 Å². The SMILES string of the molecule is CCOC(=O)c1cc(S)cc2c1OC(C)(C)C2. The first-order valence-electron chi connectivity index (χ1n) is 5.65. The van der Waals surface area contributed by atoms with Gasteiger partial charge < -0.3 is 9.47 Å². The van der Waals surface area contributed by atoms with Gasteiger partial charge in [0.2, 0.25) is 0 Å². The minimum absolute atomic E-state index is 0.273. The first-order valence-corrected chi connectivity index (χ1v) is 6.09. The molecule has 1 aromatic rings. The van der Waals surface area contributed by atoms with Gasteiger partial charge in [-0.1, -0.05) is 0 Å². The van der Waals surface area contributed by atoms with Gasteiger partial charge in [-0.25, -0.2) is 4.79 Å². The summed E-state index contributed by atoms with van der Waals surface area (Å²) < 4.78 is 10.8. The zero-order chi connectivity index (χ0) is 12.6. The Hall–Kier alpha value is -1.16. The summed E-state index contributed by atoms with van der Waals surface area (Å²) in [5.41, 5.74) is 1.22. The van der Waals surface area contributed by atoms with Gasteiger partial charge in [0.1, 0.15) is 16.9 Å². The molecule has 0 saturated carbocycles. The molecule has 3 nitrogen and oxygen atoms in total. The van der Waals surface area contributed by atoms with Crippen LogP contribution in [0.15, 0.2) is 17.0 Å². The van der Waals surface area contributed by atoms with Gasteiger partial charge in [0.15, 0.2) is 0 Å². The van der Waals surface area contributed by atoms with Crippen molar-refractivity contribution in [3.63, 3.8) is 0 Å². The quantitative estimate of drug-likeness (QED) is 0.649. The largest absolute Gasteiger partial charge is 0.486 e. The van der Waals surface area contributed by atoms with Crippen LogP contribution in [0.5, 0.6) is 5.75 Å². The van der Waals surface area contributed by atoms with E-state index in [9.17, 15) is 4.79 Å². The molecule has 0 spiro atoms. The summed E-state index contributed by atoms with van der Waals surface area (Å²) in [6, 6.07) is 3.64. The van der Waals surface area contributed by atoms with E-state index in [0.717, 1.165) is 16.9 Å². The number of carbonyl (C=O) groups is 1. The van der Waals surface area contributed by atoms with Gasteiger partial charge in [0.25, 0.3) is 0 Å². The highest BCUT2D eigenvalue weighted by atomic mass is 32.1. The van der Waals surface area contributed by atoms with Crippen LogP contribution in [0.2, 0.25) is 0 Å². The van der Waals surface area contributed by atoms with Crippen LogP contribution >= 0.6 is 12.6 Å². The van der Waals surface area contributed by atoms with Crippen LogP contribution in [0.25, 0.3) is 0 Å². The molecule has 0 N–H and O–H groups in total. The third-order valence-corrected chi connectivity index (χ3v) is 2.90. The lowest BCUT2D eigenvalue weighted by molar-refractivity contribution is 0.0516. The molecule has 2 rings (SSSR count). The predicted molar refractivity (Wildman–Crippen MR) is 68.1 cm³/mol. The fourth-order valence-electron chi connectivity index (χ4n) is 2.06. The zero-order valence-electron chi connectivity index (χ0n) is 10.2. The van der Waals surface area contributed by atoms with E-state index in [-0.39, 0.29) is 11.6 Å². The van der Waals surface area contributed by atoms with E-state index in [2.05, 4.69) is 12.6 Å². The number of ether oxygens (including phenoxy) is 2. The van der Waals surface area contributed by atoms with E-state index in [1.807, 2.05) is 19.9 Å². The summed E-state index contributed by atoms with van der Waals surface area (Å²) in [6.45, 7) is 6.14. The molecule has 4 heteroatoms. The minimum Gasteiger partial charge on any atom is -0.486 e. The summed E-state index contributed by atoms with van der Waals surface area (Å²) in [4.78, 5) is 12.6. The highest BCUT2D eigenvalue weighted by Gasteiger charge is 2.34. The Morgan fingerprint density at radius 3 is 2.88 bits per heavy atom. The van der Waals surface area contributed by atoms with Crippen LogP contribution in [0.4, 0.5) is 0 Å². The number of rotatable bonds is 2. The van der Waals surface area contributed by atoms with Gasteiger partial charge in [-0.3, -0.25) is 0 Å². The first kappa shape index (κ1) is 12.3. The fourth-order valence-corrected chi connectivity index (χ4v) is 2.34. The van der Waals surface area contributed by atoms with Crippen LogP contribution < -0.4 is 4.74 Å². The highest BCUT2D eigenvalue weighted by molar-refractivity contribution is 7.80. The Morgan fingerprint density at radius 1 is 1.53 bits per heavy atom. The molecule has 17 heavy (non-hydrogen) atoms. The fraction of sp³-hybridized carbons (Fsp3) is 0.462. The van der Waals surface area contributed by atoms with Crippen LogP contribution in [-0.4, -0.2) is 18.2 Å². The third kappa shape index (κ3) is 2.41. The Morgan fingerprint density at radius 2 is 2.24 bits per heavy atom. The molecule has 1 aliphatic rings. The number of carbonyl (C=O) groups excluding carboxylic acids is 1. The van der Waals surface area contributed by atoms with Gasteiger partial charge in [0, 0.05) is 16.9 Å². The van der Waals surface area contributed by atoms with Crippen molar-refractivity contribution in [2.24, 2.45) is 0 Å². The van der Waals surface area contributed by atoms with Crippen molar-refractivity contribution in [3.8, 4) is 5.75 Å². The highest BCUT2D eigenvalue weighted by Crippen LogP contribution is 2.39. The maximum atomic E-state index is 11.8. The molecule has 0 saturated heterocycles. The summed E-state index contributed by atoms with van der Waals surface area (Å²) in [5.74, 6) is 0.295. The number of benzene rings is 1. The van der Waals surface area contributed by atoms with Gasteiger partial charge in [0.05, 0.1) is 6.61 Å². The van der Waals surface area contributed by atoms with Crippen LogP contribution in [0.1, 0.15) is 36.7 Å². The maximum absolute atomic E-state index is 11.8. The second kappa shape index (κ2) is 4.26. The van der Waals surface area contributed by atoms with Crippen molar-refractivity contribution in [1.29, 1.82) is 0 Å². The van der Waals surface area contributed by atoms with E-state index < -0.39 is 0 Å². The van der Waals surface area contributed by atoms with E-state index in [0.29, 0.717) is 17.9 Å². The summed E-state index contributed by atoms with van der Waals surface area (Å²) in [7, 11) is 0. The maximum Gasteiger partial charge on any atom is 0.341 e. The second-order valence-electron chi connectivity index (χ2n) is 4.74. The normalized spacial score (nSPS) is 16.2. The molecule has 0 aromatic heterocycles. The Labute approximate surface area is 107 Å². The molecule has 0 fully saturated rings. The van der Waals surface area contributed by atoms with E-state index in [1.54, 1.807) is 13.0 Å². The summed E-state index contributed by atoms with van der Waals surface area (Å²) in [6.07, 6.45) is 0.781. The molecule has 0 unspecified atom stereocenters. The minimum atomic E-state index is -0.350. The van der Waals surface area contributed by atoms with Crippen molar-refractivity contribution >= 4 is 18.6 Å². The zero-order valence-corrected chi connectivity index (χ0v) is 11.1. The van der Waals surface area contributed by atoms with Gasteiger partial charge >= 0.3 is 5.97 Å². The molecule has 1 aliphatic heterocycles. The van der Waals surface area contributed by atoms with Gasteiger partial charge in [-0.2, -0.15) is 0 Å². The average molecular weight is 252 g/mol. The van der Waals surface area contributed by atoms with Crippen molar-refractivity contribution < 1.29 is 14.3 Å². The number of fused-ring (bicyclic) bond motifs is 1. The number of hydrogen-bond acceptors (Lipinski definition) is 4. The van der Waals surface area contributed by atoms with E-state index in [4.69, 9.17) is 9.47 Å². The topological polar surface area (TPSA) is 35.5 Å². The molecule has 1 heterocycles. The van der Waals surface area contributed by atoms with Crippen molar-refractivity contribution in [1.82, 2.24) is 0 Å². The summed E-state index contributed by atoms with van der Waals surface area (Å²) >= 11 is 4.31. The van der Waals surface area contributed by atoms with Crippen molar-refractivity contribution in [3.05, 3.63) is 23.3 Å². The van der Waals surface area contributed by atoms with Crippen molar-refractivity contribution in [2.75, 3.05) is 6.61 Å². The van der Waals surface area contributed by atoms with Gasteiger partial charge in [-0.05, 0) is 32.9 Å². The lowest BCUT2D eigenvalue weighted by Crippen LogP contribution is -2.25. The monoisotopic (exact) mass is 252 g/mol. The van der Waals surface area contributed by atoms with Gasteiger partial charge in [-0.15, -0.1) is 12.6 Å². The molecule has 0 radical (unpaired) electrons. The molecule has 0 atom stereocenters. The Kier molecular flexibility index (Phi) is 3.08. The van der Waals surface area contributed by atoms with Crippen LogP contribution in [0.3, 0.4) is 0 Å². The molecule has 92 valence electrons. The second-order valence-corrected chi connectivity index (χ2v) is 5.26. The number of esters is 1. The van der Waals surface area contributed by atoms with Crippen molar-refractivity contribution in [2.45, 2.75) is 37.7 Å². The lowest BCUT2D eigenvalue weighted by atomic mass is 10.0. The molecule has 0 bridgehead atoms. The summed E-state index contributed by atoms with van der Waals surface area (Å²) in [5, 5.41) is 0. The van der Waals surface area contributed by atoms with E-state index >= 15 is 0 Å². The first-order chi connectivity index (χ1) is 7.93. The molecule has 1 aromatic carbocycles. The standard InChI is InChI=1S/C13H16O3S/c1-4-15-12(14)10-6-9(17)5-8-7-13(2,3)16-11(8)10/h5-6,17H,4,7H2,1-3H3. The van der Waals surface area contributed by atoms with E-state index in [1.165, 1.54) is 0 Å². The predicted octanol–water partition coefficient (Wildman–Crippen LogP) is 2.87. The lowest BCUT2D eigenvalue weighted by Gasteiger charge is -2.17. The Balaban J connectivity index is 2.45. The smallest absolute Gasteiger partial charge is 0.341 e. The van der Waals surface area contributed by atoms with Crippen LogP contribution in [-0.2, 0) is 11.2 Å². The molecular formula is C13H16O3S. The Bertz CT molecular complexity index is 466. The number of thiol groups is 1.